The summed E-state index contributed by atoms with van der Waals surface area (Å²) in [6.07, 6.45) is 57.5. The number of hydrogen-bond acceptors (Lipinski definition) is 6. The van der Waals surface area contributed by atoms with E-state index < -0.39 is 6.10 Å². The van der Waals surface area contributed by atoms with E-state index in [9.17, 15) is 14.4 Å². The zero-order valence-corrected chi connectivity index (χ0v) is 37.8. The Morgan fingerprint density at radius 2 is 0.707 bits per heavy atom. The van der Waals surface area contributed by atoms with Crippen LogP contribution in [-0.4, -0.2) is 37.2 Å². The molecule has 0 aromatic carbocycles. The number of carbonyl (C=O) groups is 3. The van der Waals surface area contributed by atoms with Crippen molar-refractivity contribution in [1.82, 2.24) is 0 Å². The van der Waals surface area contributed by atoms with Crippen LogP contribution >= 0.6 is 0 Å². The predicted molar refractivity (Wildman–Crippen MR) is 247 cm³/mol. The summed E-state index contributed by atoms with van der Waals surface area (Å²) in [5.41, 5.74) is 0. The number of carbonyl (C=O) groups excluding carboxylic acids is 3. The Morgan fingerprint density at radius 3 is 1.17 bits per heavy atom. The van der Waals surface area contributed by atoms with Crippen molar-refractivity contribution in [2.45, 2.75) is 226 Å². The quantitative estimate of drug-likeness (QED) is 0.0201. The number of allylic oxidation sites excluding steroid dienone is 12. The fourth-order valence-electron chi connectivity index (χ4n) is 6.47. The smallest absolute Gasteiger partial charge is 0.306 e. The molecule has 0 saturated carbocycles. The minimum Gasteiger partial charge on any atom is -0.462 e. The molecule has 1 unspecified atom stereocenters. The molecular formula is C52H88O6. The van der Waals surface area contributed by atoms with Gasteiger partial charge in [0.15, 0.2) is 6.10 Å². The SMILES string of the molecule is CC\C=C/C=C\C=C/C=C\C=C/CCCC(=O)OC(COC(=O)CCCCCCC/C=C\CCCCC)COC(=O)CCCCCCCCCCCCCCCCC. The Bertz CT molecular complexity index is 1110. The van der Waals surface area contributed by atoms with E-state index in [4.69, 9.17) is 14.2 Å². The highest BCUT2D eigenvalue weighted by Crippen LogP contribution is 2.15. The van der Waals surface area contributed by atoms with Gasteiger partial charge in [-0.1, -0.05) is 216 Å². The van der Waals surface area contributed by atoms with Gasteiger partial charge in [-0.25, -0.2) is 0 Å². The van der Waals surface area contributed by atoms with Crippen LogP contribution in [0, 0.1) is 0 Å². The number of unbranched alkanes of at least 4 members (excludes halogenated alkanes) is 23. The molecule has 0 rings (SSSR count). The van der Waals surface area contributed by atoms with Gasteiger partial charge >= 0.3 is 17.9 Å². The van der Waals surface area contributed by atoms with Crippen LogP contribution in [0.4, 0.5) is 0 Å². The van der Waals surface area contributed by atoms with Gasteiger partial charge in [0.25, 0.3) is 0 Å². The highest BCUT2D eigenvalue weighted by atomic mass is 16.6. The summed E-state index contributed by atoms with van der Waals surface area (Å²) in [5, 5.41) is 0. The molecule has 0 aliphatic heterocycles. The normalized spacial score (nSPS) is 12.7. The highest BCUT2D eigenvalue weighted by Gasteiger charge is 2.19. The van der Waals surface area contributed by atoms with Crippen molar-refractivity contribution in [3.05, 3.63) is 72.9 Å². The molecule has 0 fully saturated rings. The molecule has 6 heteroatoms. The molecule has 0 aliphatic rings. The van der Waals surface area contributed by atoms with Crippen LogP contribution in [-0.2, 0) is 28.6 Å². The maximum atomic E-state index is 12.7. The van der Waals surface area contributed by atoms with Gasteiger partial charge in [0.2, 0.25) is 0 Å². The van der Waals surface area contributed by atoms with Crippen LogP contribution < -0.4 is 0 Å². The van der Waals surface area contributed by atoms with Crippen molar-refractivity contribution < 1.29 is 28.6 Å². The summed E-state index contributed by atoms with van der Waals surface area (Å²) in [7, 11) is 0. The Morgan fingerprint density at radius 1 is 0.362 bits per heavy atom. The van der Waals surface area contributed by atoms with Crippen molar-refractivity contribution >= 4 is 17.9 Å². The third-order valence-electron chi connectivity index (χ3n) is 10.1. The van der Waals surface area contributed by atoms with Gasteiger partial charge in [-0.3, -0.25) is 14.4 Å². The molecule has 58 heavy (non-hydrogen) atoms. The predicted octanol–water partition coefficient (Wildman–Crippen LogP) is 15.5. The van der Waals surface area contributed by atoms with Gasteiger partial charge in [-0.05, 0) is 57.8 Å². The maximum Gasteiger partial charge on any atom is 0.306 e. The topological polar surface area (TPSA) is 78.9 Å². The first kappa shape index (κ1) is 54.9. The number of hydrogen-bond donors (Lipinski definition) is 0. The van der Waals surface area contributed by atoms with Crippen LogP contribution in [0.15, 0.2) is 72.9 Å². The van der Waals surface area contributed by atoms with Crippen LogP contribution in [0.3, 0.4) is 0 Å². The zero-order valence-electron chi connectivity index (χ0n) is 37.8. The van der Waals surface area contributed by atoms with E-state index >= 15 is 0 Å². The van der Waals surface area contributed by atoms with Gasteiger partial charge in [0, 0.05) is 19.3 Å². The first-order valence-corrected chi connectivity index (χ1v) is 24.0. The van der Waals surface area contributed by atoms with E-state index in [-0.39, 0.29) is 37.5 Å². The van der Waals surface area contributed by atoms with E-state index in [0.717, 1.165) is 64.2 Å². The standard InChI is InChI=1S/C52H88O6/c1-4-7-10-13-16-19-22-25-26-28-30-33-36-39-42-45-51(54)57-48-49(47-56-50(53)44-41-38-35-32-29-24-21-18-15-12-9-6-3)58-52(55)46-43-40-37-34-31-27-23-20-17-14-11-8-5-2/h8,11,14,17-18,20-21,23,27,31,34,37,49H,4-7,9-10,12-13,15-16,19,22,24-26,28-30,32-33,35-36,38-48H2,1-3H3/b11-8-,17-14-,21-18-,23-20-,31-27-,37-34-. The van der Waals surface area contributed by atoms with Crippen molar-refractivity contribution in [3.8, 4) is 0 Å². The summed E-state index contributed by atoms with van der Waals surface area (Å²) in [4.78, 5) is 37.8. The summed E-state index contributed by atoms with van der Waals surface area (Å²) in [5.74, 6) is -0.991. The number of rotatable bonds is 42. The van der Waals surface area contributed by atoms with Gasteiger partial charge in [0.05, 0.1) is 0 Å². The summed E-state index contributed by atoms with van der Waals surface area (Å²) in [6.45, 7) is 6.39. The molecule has 0 N–H and O–H groups in total. The van der Waals surface area contributed by atoms with E-state index in [1.807, 2.05) is 54.7 Å². The second-order valence-corrected chi connectivity index (χ2v) is 15.8. The van der Waals surface area contributed by atoms with Gasteiger partial charge < -0.3 is 14.2 Å². The molecule has 0 saturated heterocycles. The molecule has 0 heterocycles. The van der Waals surface area contributed by atoms with Gasteiger partial charge in [0.1, 0.15) is 13.2 Å². The van der Waals surface area contributed by atoms with Crippen molar-refractivity contribution in [2.24, 2.45) is 0 Å². The lowest BCUT2D eigenvalue weighted by atomic mass is 10.0. The lowest BCUT2D eigenvalue weighted by Gasteiger charge is -2.18. The Kier molecular flexibility index (Phi) is 44.0. The molecule has 0 spiro atoms. The molecule has 0 aromatic rings. The molecule has 0 amide bonds. The first-order valence-electron chi connectivity index (χ1n) is 24.0. The fourth-order valence-corrected chi connectivity index (χ4v) is 6.47. The molecule has 0 radical (unpaired) electrons. The van der Waals surface area contributed by atoms with Gasteiger partial charge in [-0.15, -0.1) is 0 Å². The molecule has 0 aromatic heterocycles. The third kappa shape index (κ3) is 44.0. The van der Waals surface area contributed by atoms with E-state index in [0.29, 0.717) is 19.3 Å². The van der Waals surface area contributed by atoms with Crippen molar-refractivity contribution in [1.29, 1.82) is 0 Å². The lowest BCUT2D eigenvalue weighted by molar-refractivity contribution is -0.167. The maximum absolute atomic E-state index is 12.7. The van der Waals surface area contributed by atoms with E-state index in [1.165, 1.54) is 109 Å². The Balaban J connectivity index is 4.48. The Labute approximate surface area is 357 Å². The van der Waals surface area contributed by atoms with E-state index in [2.05, 4.69) is 39.0 Å². The molecule has 332 valence electrons. The second kappa shape index (κ2) is 46.5. The van der Waals surface area contributed by atoms with Crippen LogP contribution in [0.5, 0.6) is 0 Å². The average Bonchev–Trinajstić information content (AvgIpc) is 3.22. The van der Waals surface area contributed by atoms with Crippen LogP contribution in [0.25, 0.3) is 0 Å². The molecule has 1 atom stereocenters. The highest BCUT2D eigenvalue weighted by molar-refractivity contribution is 5.71. The first-order chi connectivity index (χ1) is 28.5. The molecular weight excluding hydrogens is 721 g/mol. The summed E-state index contributed by atoms with van der Waals surface area (Å²) >= 11 is 0. The minimum absolute atomic E-state index is 0.105. The zero-order chi connectivity index (χ0) is 42.3. The lowest BCUT2D eigenvalue weighted by Crippen LogP contribution is -2.30. The van der Waals surface area contributed by atoms with Crippen LogP contribution in [0.1, 0.15) is 220 Å². The van der Waals surface area contributed by atoms with Crippen molar-refractivity contribution in [3.63, 3.8) is 0 Å². The third-order valence-corrected chi connectivity index (χ3v) is 10.1. The summed E-state index contributed by atoms with van der Waals surface area (Å²) < 4.78 is 16.7. The summed E-state index contributed by atoms with van der Waals surface area (Å²) in [6, 6.07) is 0. The minimum atomic E-state index is -0.812. The molecule has 6 nitrogen and oxygen atoms in total. The fraction of sp³-hybridized carbons (Fsp3) is 0.712. The van der Waals surface area contributed by atoms with E-state index in [1.54, 1.807) is 0 Å². The monoisotopic (exact) mass is 809 g/mol. The van der Waals surface area contributed by atoms with Crippen molar-refractivity contribution in [2.75, 3.05) is 13.2 Å². The molecule has 0 aliphatic carbocycles. The average molecular weight is 809 g/mol. The number of ether oxygens (including phenoxy) is 3. The van der Waals surface area contributed by atoms with Gasteiger partial charge in [-0.2, -0.15) is 0 Å². The molecule has 0 bridgehead atoms. The largest absolute Gasteiger partial charge is 0.462 e. The Hall–Kier alpha value is -3.15. The van der Waals surface area contributed by atoms with Crippen LogP contribution in [0.2, 0.25) is 0 Å². The second-order valence-electron chi connectivity index (χ2n) is 15.8. The number of esters is 3.